The van der Waals surface area contributed by atoms with Gasteiger partial charge in [-0.15, -0.1) is 0 Å². The zero-order valence-corrected chi connectivity index (χ0v) is 13.2. The van der Waals surface area contributed by atoms with Crippen LogP contribution in [-0.4, -0.2) is 36.9 Å². The summed E-state index contributed by atoms with van der Waals surface area (Å²) in [5.41, 5.74) is 0. The third-order valence-corrected chi connectivity index (χ3v) is 3.12. The summed E-state index contributed by atoms with van der Waals surface area (Å²) in [4.78, 5) is 11.6. The highest BCUT2D eigenvalue weighted by molar-refractivity contribution is 5.72. The summed E-state index contributed by atoms with van der Waals surface area (Å²) >= 11 is 0. The largest absolute Gasteiger partial charge is 0.491 e. The molecule has 0 heterocycles. The average Bonchev–Trinajstić information content (AvgIpc) is 2.60. The summed E-state index contributed by atoms with van der Waals surface area (Å²) in [6.07, 6.45) is -0.540. The molecular weight excluding hydrogens is 313 g/mol. The Kier molecular flexibility index (Phi) is 7.20. The number of hydrogen-bond donors (Lipinski definition) is 2. The first-order valence-corrected chi connectivity index (χ1v) is 7.66. The van der Waals surface area contributed by atoms with E-state index >= 15 is 0 Å². The fourth-order valence-corrected chi connectivity index (χ4v) is 1.91. The van der Waals surface area contributed by atoms with Crippen LogP contribution in [0.15, 0.2) is 54.6 Å². The first kappa shape index (κ1) is 17.9. The molecule has 24 heavy (non-hydrogen) atoms. The molecule has 5 nitrogen and oxygen atoms in total. The van der Waals surface area contributed by atoms with Gasteiger partial charge in [0.2, 0.25) is 0 Å². The summed E-state index contributed by atoms with van der Waals surface area (Å²) in [5, 5.41) is 12.8. The van der Waals surface area contributed by atoms with Crippen molar-refractivity contribution in [2.45, 2.75) is 12.5 Å². The quantitative estimate of drug-likeness (QED) is 0.418. The van der Waals surface area contributed by atoms with Gasteiger partial charge in [0, 0.05) is 13.1 Å². The number of hydrogen-bond acceptors (Lipinski definition) is 5. The smallest absolute Gasteiger partial charge is 0.312 e. The number of esters is 1. The number of aliphatic hydroxyl groups is 1. The maximum absolute atomic E-state index is 12.7. The zero-order chi connectivity index (χ0) is 17.2. The Morgan fingerprint density at radius 1 is 1.08 bits per heavy atom. The third kappa shape index (κ3) is 6.76. The molecule has 2 rings (SSSR count). The predicted octanol–water partition coefficient (Wildman–Crippen LogP) is 2.15. The van der Waals surface area contributed by atoms with E-state index in [9.17, 15) is 14.3 Å². The Balaban J connectivity index is 1.56. The highest BCUT2D eigenvalue weighted by Gasteiger charge is 2.07. The second kappa shape index (κ2) is 9.64. The van der Waals surface area contributed by atoms with Gasteiger partial charge >= 0.3 is 5.97 Å². The number of nitrogens with one attached hydrogen (secondary N) is 1. The number of halogens is 1. The van der Waals surface area contributed by atoms with E-state index in [-0.39, 0.29) is 18.8 Å². The molecule has 6 heteroatoms. The van der Waals surface area contributed by atoms with Gasteiger partial charge in [-0.1, -0.05) is 18.2 Å². The molecule has 1 unspecified atom stereocenters. The highest BCUT2D eigenvalue weighted by Crippen LogP contribution is 2.11. The van der Waals surface area contributed by atoms with Crippen LogP contribution in [-0.2, 0) is 4.79 Å². The van der Waals surface area contributed by atoms with Gasteiger partial charge in [0.15, 0.2) is 0 Å². The Labute approximate surface area is 140 Å². The third-order valence-electron chi connectivity index (χ3n) is 3.12. The zero-order valence-electron chi connectivity index (χ0n) is 13.2. The maximum Gasteiger partial charge on any atom is 0.312 e. The number of rotatable bonds is 9. The molecule has 2 aromatic rings. The van der Waals surface area contributed by atoms with E-state index in [4.69, 9.17) is 9.47 Å². The van der Waals surface area contributed by atoms with E-state index in [1.54, 1.807) is 0 Å². The Bertz CT molecular complexity index is 619. The molecule has 0 spiro atoms. The van der Waals surface area contributed by atoms with Crippen LogP contribution in [0.25, 0.3) is 0 Å². The van der Waals surface area contributed by atoms with Gasteiger partial charge in [0.25, 0.3) is 0 Å². The summed E-state index contributed by atoms with van der Waals surface area (Å²) in [5.74, 6) is 0.185. The predicted molar refractivity (Wildman–Crippen MR) is 87.5 cm³/mol. The van der Waals surface area contributed by atoms with Crippen molar-refractivity contribution < 1.29 is 23.8 Å². The molecule has 0 saturated heterocycles. The molecule has 1 atom stereocenters. The lowest BCUT2D eigenvalue weighted by Gasteiger charge is -2.13. The van der Waals surface area contributed by atoms with Crippen molar-refractivity contribution in [3.05, 3.63) is 60.4 Å². The van der Waals surface area contributed by atoms with Crippen molar-refractivity contribution in [2.24, 2.45) is 0 Å². The molecule has 0 fully saturated rings. The molecule has 0 aliphatic heterocycles. The molecule has 0 radical (unpaired) electrons. The number of ether oxygens (including phenoxy) is 2. The molecule has 0 aliphatic rings. The molecule has 128 valence electrons. The minimum absolute atomic E-state index is 0.142. The topological polar surface area (TPSA) is 67.8 Å². The van der Waals surface area contributed by atoms with E-state index in [0.717, 1.165) is 0 Å². The lowest BCUT2D eigenvalue weighted by molar-refractivity contribution is -0.134. The van der Waals surface area contributed by atoms with Crippen LogP contribution in [0.5, 0.6) is 11.5 Å². The lowest BCUT2D eigenvalue weighted by atomic mass is 10.3. The number of aliphatic hydroxyl groups excluding tert-OH is 1. The fourth-order valence-electron chi connectivity index (χ4n) is 1.91. The maximum atomic E-state index is 12.7. The van der Waals surface area contributed by atoms with E-state index in [0.29, 0.717) is 24.6 Å². The standard InChI is InChI=1S/C18H20FNO4/c19-14-6-8-17(9-7-14)24-18(22)10-11-20-12-15(21)13-23-16-4-2-1-3-5-16/h1-9,15,20-21H,10-13H2. The first-order chi connectivity index (χ1) is 11.6. The monoisotopic (exact) mass is 333 g/mol. The van der Waals surface area contributed by atoms with E-state index in [1.165, 1.54) is 24.3 Å². The van der Waals surface area contributed by atoms with Crippen LogP contribution in [0.4, 0.5) is 4.39 Å². The van der Waals surface area contributed by atoms with Crippen molar-refractivity contribution >= 4 is 5.97 Å². The van der Waals surface area contributed by atoms with Crippen LogP contribution in [0.1, 0.15) is 6.42 Å². The van der Waals surface area contributed by atoms with Crippen molar-refractivity contribution in [2.75, 3.05) is 19.7 Å². The van der Waals surface area contributed by atoms with Crippen molar-refractivity contribution in [3.63, 3.8) is 0 Å². The first-order valence-electron chi connectivity index (χ1n) is 7.66. The summed E-state index contributed by atoms with van der Waals surface area (Å²) < 4.78 is 23.2. The minimum atomic E-state index is -0.682. The number of benzene rings is 2. The molecule has 0 saturated carbocycles. The molecule has 2 N–H and O–H groups in total. The number of carbonyl (C=O) groups excluding carboxylic acids is 1. The normalized spacial score (nSPS) is 11.8. The number of carbonyl (C=O) groups is 1. The van der Waals surface area contributed by atoms with E-state index < -0.39 is 12.1 Å². The Hall–Kier alpha value is -2.44. The van der Waals surface area contributed by atoms with Crippen LogP contribution in [0.2, 0.25) is 0 Å². The van der Waals surface area contributed by atoms with Gasteiger partial charge in [0.1, 0.15) is 30.0 Å². The molecule has 0 aromatic heterocycles. The van der Waals surface area contributed by atoms with Gasteiger partial charge in [-0.2, -0.15) is 0 Å². The van der Waals surface area contributed by atoms with Crippen LogP contribution >= 0.6 is 0 Å². The van der Waals surface area contributed by atoms with Crippen molar-refractivity contribution in [1.82, 2.24) is 5.32 Å². The molecular formula is C18H20FNO4. The molecule has 0 bridgehead atoms. The van der Waals surface area contributed by atoms with Gasteiger partial charge < -0.3 is 19.9 Å². The highest BCUT2D eigenvalue weighted by atomic mass is 19.1. The summed E-state index contributed by atoms with van der Waals surface area (Å²) in [6, 6.07) is 14.5. The Morgan fingerprint density at radius 2 is 1.79 bits per heavy atom. The van der Waals surface area contributed by atoms with E-state index in [1.807, 2.05) is 30.3 Å². The SMILES string of the molecule is O=C(CCNCC(O)COc1ccccc1)Oc1ccc(F)cc1. The lowest BCUT2D eigenvalue weighted by Crippen LogP contribution is -2.33. The fraction of sp³-hybridized carbons (Fsp3) is 0.278. The second-order valence-corrected chi connectivity index (χ2v) is 5.16. The van der Waals surface area contributed by atoms with Gasteiger partial charge in [0.05, 0.1) is 6.42 Å². The van der Waals surface area contributed by atoms with Crippen LogP contribution in [0.3, 0.4) is 0 Å². The van der Waals surface area contributed by atoms with Crippen molar-refractivity contribution in [3.8, 4) is 11.5 Å². The van der Waals surface area contributed by atoms with E-state index in [2.05, 4.69) is 5.32 Å². The Morgan fingerprint density at radius 3 is 2.50 bits per heavy atom. The summed E-state index contributed by atoms with van der Waals surface area (Å²) in [6.45, 7) is 0.829. The van der Waals surface area contributed by atoms with Gasteiger partial charge in [-0.3, -0.25) is 4.79 Å². The second-order valence-electron chi connectivity index (χ2n) is 5.16. The van der Waals surface area contributed by atoms with Crippen molar-refractivity contribution in [1.29, 1.82) is 0 Å². The average molecular weight is 333 g/mol. The van der Waals surface area contributed by atoms with Gasteiger partial charge in [-0.05, 0) is 36.4 Å². The molecule has 0 aliphatic carbocycles. The van der Waals surface area contributed by atoms with Crippen LogP contribution < -0.4 is 14.8 Å². The summed E-state index contributed by atoms with van der Waals surface area (Å²) in [7, 11) is 0. The number of para-hydroxylation sites is 1. The van der Waals surface area contributed by atoms with Gasteiger partial charge in [-0.25, -0.2) is 4.39 Å². The minimum Gasteiger partial charge on any atom is -0.491 e. The molecule has 0 amide bonds. The molecule has 2 aromatic carbocycles. The van der Waals surface area contributed by atoms with Crippen LogP contribution in [0, 0.1) is 5.82 Å².